The minimum absolute atomic E-state index is 0.120. The molecule has 1 aromatic rings. The molecule has 0 aliphatic carbocycles. The number of methoxy groups -OCH3 is 1. The Bertz CT molecular complexity index is 568. The Morgan fingerprint density at radius 1 is 1.38 bits per heavy atom. The van der Waals surface area contributed by atoms with Gasteiger partial charge in [-0.3, -0.25) is 0 Å². The number of ether oxygens (including phenoxy) is 1. The molecule has 5 nitrogen and oxygen atoms in total. The maximum absolute atomic E-state index is 10.4. The zero-order chi connectivity index (χ0) is 17.9. The first-order chi connectivity index (χ1) is 11.5. The van der Waals surface area contributed by atoms with E-state index >= 15 is 0 Å². The van der Waals surface area contributed by atoms with Crippen molar-refractivity contribution in [2.45, 2.75) is 38.9 Å². The van der Waals surface area contributed by atoms with Gasteiger partial charge in [0.1, 0.15) is 18.1 Å². The molecule has 0 fully saturated rings. The number of hydrogen-bond acceptors (Lipinski definition) is 5. The van der Waals surface area contributed by atoms with E-state index in [4.69, 9.17) is 19.4 Å². The fourth-order valence-corrected chi connectivity index (χ4v) is 2.46. The fraction of sp³-hybridized carbons (Fsp3) is 0.474. The highest BCUT2D eigenvalue weighted by Gasteiger charge is 2.14. The highest BCUT2D eigenvalue weighted by Crippen LogP contribution is 2.22. The van der Waals surface area contributed by atoms with Crippen molar-refractivity contribution in [3.8, 4) is 0 Å². The average molecular weight is 336 g/mol. The van der Waals surface area contributed by atoms with Gasteiger partial charge >= 0.3 is 0 Å². The molecule has 0 saturated carbocycles. The lowest BCUT2D eigenvalue weighted by Gasteiger charge is -2.17. The molecule has 0 aromatic carbocycles. The van der Waals surface area contributed by atoms with Crippen LogP contribution < -0.4 is 0 Å². The zero-order valence-electron chi connectivity index (χ0n) is 14.5. The molecule has 0 spiro atoms. The summed E-state index contributed by atoms with van der Waals surface area (Å²) in [7, 11) is 1.57. The van der Waals surface area contributed by atoms with Crippen molar-refractivity contribution in [3.63, 3.8) is 0 Å². The second-order valence-electron chi connectivity index (χ2n) is 5.55. The number of rotatable bonds is 11. The summed E-state index contributed by atoms with van der Waals surface area (Å²) in [5.41, 5.74) is 2.42. The van der Waals surface area contributed by atoms with Crippen LogP contribution in [0.2, 0.25) is 0 Å². The summed E-state index contributed by atoms with van der Waals surface area (Å²) < 4.78 is 10.5. The average Bonchev–Trinajstić information content (AvgIpc) is 3.03. The number of furan rings is 1. The van der Waals surface area contributed by atoms with Crippen molar-refractivity contribution in [2.24, 2.45) is 0 Å². The van der Waals surface area contributed by atoms with Crippen LogP contribution in [0.25, 0.3) is 6.08 Å². The van der Waals surface area contributed by atoms with E-state index in [1.807, 2.05) is 19.1 Å². The Kier molecular flexibility index (Phi) is 9.34. The molecule has 3 N–H and O–H groups in total. The molecule has 0 aliphatic rings. The molecule has 0 radical (unpaired) electrons. The lowest BCUT2D eigenvalue weighted by Crippen LogP contribution is -2.15. The number of allylic oxidation sites excluding steroid dienone is 1. The van der Waals surface area contributed by atoms with Crippen molar-refractivity contribution in [3.05, 3.63) is 53.0 Å². The van der Waals surface area contributed by atoms with E-state index in [9.17, 15) is 5.11 Å². The smallest absolute Gasteiger partial charge is 0.130 e. The second kappa shape index (κ2) is 11.0. The number of aliphatic hydroxyl groups excluding tert-OH is 3. The van der Waals surface area contributed by atoms with Gasteiger partial charge in [-0.15, -0.1) is 0 Å². The SMILES string of the molecule is C=C(COC)/C(=C/CO)C(O)CC/C(=C/c1ccc(CO)o1)CC. The molecule has 0 amide bonds. The van der Waals surface area contributed by atoms with Gasteiger partial charge < -0.3 is 24.5 Å². The molecular weight excluding hydrogens is 308 g/mol. The maximum atomic E-state index is 10.4. The Labute approximate surface area is 143 Å². The van der Waals surface area contributed by atoms with E-state index in [1.54, 1.807) is 19.3 Å². The first-order valence-electron chi connectivity index (χ1n) is 8.10. The molecule has 0 aliphatic heterocycles. The zero-order valence-corrected chi connectivity index (χ0v) is 14.5. The van der Waals surface area contributed by atoms with Gasteiger partial charge in [0.25, 0.3) is 0 Å². The highest BCUT2D eigenvalue weighted by molar-refractivity contribution is 5.47. The van der Waals surface area contributed by atoms with Crippen LogP contribution in [-0.2, 0) is 11.3 Å². The van der Waals surface area contributed by atoms with Crippen LogP contribution in [0.1, 0.15) is 37.7 Å². The second-order valence-corrected chi connectivity index (χ2v) is 5.55. The van der Waals surface area contributed by atoms with Crippen LogP contribution in [0.15, 0.2) is 45.9 Å². The van der Waals surface area contributed by atoms with Crippen LogP contribution in [0.3, 0.4) is 0 Å². The van der Waals surface area contributed by atoms with Gasteiger partial charge in [-0.05, 0) is 48.6 Å². The van der Waals surface area contributed by atoms with Gasteiger partial charge in [0.15, 0.2) is 0 Å². The van der Waals surface area contributed by atoms with Crippen molar-refractivity contribution >= 4 is 6.08 Å². The maximum Gasteiger partial charge on any atom is 0.130 e. The van der Waals surface area contributed by atoms with E-state index in [1.165, 1.54) is 0 Å². The summed E-state index contributed by atoms with van der Waals surface area (Å²) >= 11 is 0. The molecule has 24 heavy (non-hydrogen) atoms. The molecule has 134 valence electrons. The Morgan fingerprint density at radius 2 is 2.12 bits per heavy atom. The normalized spacial score (nSPS) is 14.0. The predicted molar refractivity (Wildman–Crippen MR) is 94.3 cm³/mol. The molecule has 0 saturated heterocycles. The molecule has 1 heterocycles. The van der Waals surface area contributed by atoms with E-state index in [0.717, 1.165) is 12.0 Å². The molecule has 0 bridgehead atoms. The monoisotopic (exact) mass is 336 g/mol. The molecule has 1 atom stereocenters. The Balaban J connectivity index is 2.72. The summed E-state index contributed by atoms with van der Waals surface area (Å²) in [4.78, 5) is 0. The van der Waals surface area contributed by atoms with Crippen LogP contribution in [0, 0.1) is 0 Å². The van der Waals surface area contributed by atoms with E-state index in [0.29, 0.717) is 42.1 Å². The van der Waals surface area contributed by atoms with Crippen molar-refractivity contribution in [1.29, 1.82) is 0 Å². The largest absolute Gasteiger partial charge is 0.459 e. The van der Waals surface area contributed by atoms with Gasteiger partial charge in [-0.25, -0.2) is 0 Å². The van der Waals surface area contributed by atoms with Crippen molar-refractivity contribution < 1.29 is 24.5 Å². The summed E-state index contributed by atoms with van der Waals surface area (Å²) in [6.45, 7) is 5.98. The molecule has 5 heteroatoms. The molecule has 1 rings (SSSR count). The van der Waals surface area contributed by atoms with Crippen LogP contribution in [0.4, 0.5) is 0 Å². The number of aliphatic hydroxyl groups is 3. The topological polar surface area (TPSA) is 83.1 Å². The summed E-state index contributed by atoms with van der Waals surface area (Å²) in [5.74, 6) is 1.22. The van der Waals surface area contributed by atoms with Crippen molar-refractivity contribution in [2.75, 3.05) is 20.3 Å². The van der Waals surface area contributed by atoms with Crippen LogP contribution in [-0.4, -0.2) is 41.7 Å². The summed E-state index contributed by atoms with van der Waals surface area (Å²) in [5, 5.41) is 28.6. The fourth-order valence-electron chi connectivity index (χ4n) is 2.46. The third kappa shape index (κ3) is 6.45. The van der Waals surface area contributed by atoms with Gasteiger partial charge in [0, 0.05) is 7.11 Å². The summed E-state index contributed by atoms with van der Waals surface area (Å²) in [6.07, 6.45) is 4.84. The van der Waals surface area contributed by atoms with Crippen molar-refractivity contribution in [1.82, 2.24) is 0 Å². The quantitative estimate of drug-likeness (QED) is 0.541. The minimum atomic E-state index is -0.709. The third-order valence-electron chi connectivity index (χ3n) is 3.77. The minimum Gasteiger partial charge on any atom is -0.459 e. The number of hydrogen-bond donors (Lipinski definition) is 3. The Hall–Kier alpha value is -1.66. The summed E-state index contributed by atoms with van der Waals surface area (Å²) in [6, 6.07) is 3.56. The van der Waals surface area contributed by atoms with Gasteiger partial charge in [-0.2, -0.15) is 0 Å². The molecular formula is C19H28O5. The lowest BCUT2D eigenvalue weighted by atomic mass is 9.95. The van der Waals surface area contributed by atoms with E-state index in [-0.39, 0.29) is 13.2 Å². The molecule has 1 unspecified atom stereocenters. The third-order valence-corrected chi connectivity index (χ3v) is 3.77. The van der Waals surface area contributed by atoms with Gasteiger partial charge in [-0.1, -0.05) is 25.2 Å². The standard InChI is InChI=1S/C19H28O5/c1-4-15(11-16-6-7-17(12-21)24-16)5-8-19(22)18(9-10-20)14(2)13-23-3/h6-7,9,11,19-22H,2,4-5,8,10,12-13H2,1,3H3/b15-11+,18-9-. The Morgan fingerprint density at radius 3 is 2.67 bits per heavy atom. The highest BCUT2D eigenvalue weighted by atomic mass is 16.5. The predicted octanol–water partition coefficient (Wildman–Crippen LogP) is 2.83. The van der Waals surface area contributed by atoms with E-state index < -0.39 is 6.10 Å². The van der Waals surface area contributed by atoms with Crippen LogP contribution in [0.5, 0.6) is 0 Å². The van der Waals surface area contributed by atoms with Crippen LogP contribution >= 0.6 is 0 Å². The lowest BCUT2D eigenvalue weighted by molar-refractivity contribution is 0.189. The van der Waals surface area contributed by atoms with Gasteiger partial charge in [0.05, 0.1) is 19.3 Å². The molecule has 1 aromatic heterocycles. The first-order valence-corrected chi connectivity index (χ1v) is 8.10. The first kappa shape index (κ1) is 20.4. The van der Waals surface area contributed by atoms with E-state index in [2.05, 4.69) is 6.58 Å². The van der Waals surface area contributed by atoms with Gasteiger partial charge in [0.2, 0.25) is 0 Å².